The Morgan fingerprint density at radius 3 is 2.83 bits per heavy atom. The largest absolute Gasteiger partial charge is 0.466 e. The monoisotopic (exact) mass is 348 g/mol. The normalized spacial score (nSPS) is 17.5. The molecular formula is C15H13ClN4O4. The van der Waals surface area contributed by atoms with E-state index in [1.807, 2.05) is 0 Å². The Hall–Kier alpha value is -2.87. The summed E-state index contributed by atoms with van der Waals surface area (Å²) in [4.78, 5) is 40.9. The average Bonchev–Trinajstić information content (AvgIpc) is 2.54. The summed E-state index contributed by atoms with van der Waals surface area (Å²) >= 11 is 6.18. The summed E-state index contributed by atoms with van der Waals surface area (Å²) in [7, 11) is 1.21. The summed E-state index contributed by atoms with van der Waals surface area (Å²) in [6.45, 7) is 1.54. The van der Waals surface area contributed by atoms with Crippen LogP contribution in [0.4, 0.5) is 4.79 Å². The average molecular weight is 349 g/mol. The summed E-state index contributed by atoms with van der Waals surface area (Å²) in [5, 5.41) is 4.91. The topological polar surface area (TPSA) is 102 Å². The van der Waals surface area contributed by atoms with Crippen LogP contribution in [0, 0.1) is 0 Å². The van der Waals surface area contributed by atoms with E-state index >= 15 is 0 Å². The van der Waals surface area contributed by atoms with Gasteiger partial charge in [-0.25, -0.2) is 14.6 Å². The fourth-order valence-corrected chi connectivity index (χ4v) is 2.89. The first-order chi connectivity index (χ1) is 11.4. The van der Waals surface area contributed by atoms with E-state index in [0.717, 1.165) is 0 Å². The molecule has 0 saturated carbocycles. The molecule has 3 rings (SSSR count). The first-order valence-corrected chi connectivity index (χ1v) is 7.35. The molecule has 2 aromatic heterocycles. The van der Waals surface area contributed by atoms with Gasteiger partial charge in [-0.2, -0.15) is 0 Å². The molecule has 0 fully saturated rings. The quantitative estimate of drug-likeness (QED) is 0.626. The predicted molar refractivity (Wildman–Crippen MR) is 85.6 cm³/mol. The fraction of sp³-hybridized carbons (Fsp3) is 0.200. The zero-order chi connectivity index (χ0) is 17.4. The van der Waals surface area contributed by atoms with Gasteiger partial charge in [0.25, 0.3) is 5.56 Å². The van der Waals surface area contributed by atoms with E-state index in [4.69, 9.17) is 16.3 Å². The van der Waals surface area contributed by atoms with Crippen LogP contribution >= 0.6 is 11.6 Å². The molecule has 0 spiro atoms. The molecule has 2 N–H and O–H groups in total. The molecular weight excluding hydrogens is 336 g/mol. The summed E-state index contributed by atoms with van der Waals surface area (Å²) in [6, 6.07) is 3.39. The molecule has 9 heteroatoms. The van der Waals surface area contributed by atoms with Gasteiger partial charge in [-0.1, -0.05) is 17.7 Å². The lowest BCUT2D eigenvalue weighted by atomic mass is 9.97. The molecule has 0 radical (unpaired) electrons. The van der Waals surface area contributed by atoms with Crippen molar-refractivity contribution in [3.05, 3.63) is 56.7 Å². The van der Waals surface area contributed by atoms with Gasteiger partial charge in [0.15, 0.2) is 0 Å². The minimum atomic E-state index is -1.06. The van der Waals surface area contributed by atoms with Crippen molar-refractivity contribution in [1.82, 2.24) is 20.0 Å². The zero-order valence-electron chi connectivity index (χ0n) is 12.8. The Bertz CT molecular complexity index is 950. The van der Waals surface area contributed by atoms with Gasteiger partial charge in [0.05, 0.1) is 24.3 Å². The van der Waals surface area contributed by atoms with E-state index < -0.39 is 23.6 Å². The van der Waals surface area contributed by atoms with Crippen molar-refractivity contribution in [2.45, 2.75) is 13.0 Å². The van der Waals surface area contributed by atoms with Crippen LogP contribution in [0.15, 0.2) is 40.5 Å². The molecule has 2 aromatic rings. The van der Waals surface area contributed by atoms with Crippen molar-refractivity contribution < 1.29 is 14.3 Å². The van der Waals surface area contributed by atoms with Crippen LogP contribution in [0.1, 0.15) is 18.5 Å². The molecule has 0 bridgehead atoms. The maximum Gasteiger partial charge on any atom is 0.337 e. The molecule has 3 heterocycles. The highest BCUT2D eigenvalue weighted by Gasteiger charge is 2.35. The van der Waals surface area contributed by atoms with Gasteiger partial charge >= 0.3 is 12.0 Å². The number of fused-ring (bicyclic) bond motifs is 1. The number of aromatic nitrogens is 2. The molecule has 1 aliphatic rings. The van der Waals surface area contributed by atoms with E-state index in [2.05, 4.69) is 15.6 Å². The second-order valence-corrected chi connectivity index (χ2v) is 5.47. The number of hydrogen-bond acceptors (Lipinski definition) is 5. The van der Waals surface area contributed by atoms with Crippen molar-refractivity contribution >= 4 is 29.2 Å². The third-order valence-electron chi connectivity index (χ3n) is 3.69. The SMILES string of the molecule is COC(=O)C1=C(C)NC(=O)NC1c1c(Cl)nc2ccccn2c1=O. The lowest BCUT2D eigenvalue weighted by molar-refractivity contribution is -0.136. The minimum absolute atomic E-state index is 0.00466. The van der Waals surface area contributed by atoms with Gasteiger partial charge in [0.2, 0.25) is 0 Å². The number of esters is 1. The highest BCUT2D eigenvalue weighted by atomic mass is 35.5. The number of carbonyl (C=O) groups is 2. The molecule has 8 nitrogen and oxygen atoms in total. The summed E-state index contributed by atoms with van der Waals surface area (Å²) in [6.07, 6.45) is 1.53. The fourth-order valence-electron chi connectivity index (χ4n) is 2.61. The molecule has 0 saturated heterocycles. The van der Waals surface area contributed by atoms with Crippen molar-refractivity contribution in [2.24, 2.45) is 0 Å². The number of nitrogens with one attached hydrogen (secondary N) is 2. The molecule has 2 amide bonds. The summed E-state index contributed by atoms with van der Waals surface area (Å²) in [5.41, 5.74) is 0.247. The maximum absolute atomic E-state index is 12.8. The van der Waals surface area contributed by atoms with Crippen molar-refractivity contribution in [3.8, 4) is 0 Å². The number of urea groups is 1. The standard InChI is InChI=1S/C15H13ClN4O4/c1-7-9(14(22)24-2)11(19-15(23)17-7)10-12(16)18-8-5-3-4-6-20(8)13(10)21/h3-6,11H,1-2H3,(H2,17,19,23). The number of rotatable bonds is 2. The Balaban J connectivity index is 2.28. The van der Waals surface area contributed by atoms with Gasteiger partial charge in [0, 0.05) is 11.9 Å². The molecule has 1 aliphatic heterocycles. The van der Waals surface area contributed by atoms with E-state index in [0.29, 0.717) is 5.65 Å². The number of nitrogens with zero attached hydrogens (tertiary/aromatic N) is 2. The second kappa shape index (κ2) is 5.97. The maximum atomic E-state index is 12.8. The van der Waals surface area contributed by atoms with Crippen LogP contribution in [0.2, 0.25) is 5.15 Å². The molecule has 0 aliphatic carbocycles. The Labute approximate surface area is 141 Å². The zero-order valence-corrected chi connectivity index (χ0v) is 13.5. The summed E-state index contributed by atoms with van der Waals surface area (Å²) < 4.78 is 6.05. The molecule has 1 unspecified atom stereocenters. The van der Waals surface area contributed by atoms with Gasteiger partial charge in [-0.05, 0) is 19.1 Å². The van der Waals surface area contributed by atoms with Crippen molar-refractivity contribution in [1.29, 1.82) is 0 Å². The Morgan fingerprint density at radius 2 is 2.12 bits per heavy atom. The van der Waals surface area contributed by atoms with Crippen LogP contribution in [0.3, 0.4) is 0 Å². The van der Waals surface area contributed by atoms with Crippen LogP contribution in [-0.4, -0.2) is 28.5 Å². The minimum Gasteiger partial charge on any atom is -0.466 e. The van der Waals surface area contributed by atoms with E-state index in [9.17, 15) is 14.4 Å². The number of ether oxygens (including phenoxy) is 1. The number of hydrogen-bond donors (Lipinski definition) is 2. The number of carbonyl (C=O) groups excluding carboxylic acids is 2. The lowest BCUT2D eigenvalue weighted by Gasteiger charge is -2.27. The van der Waals surface area contributed by atoms with Gasteiger partial charge < -0.3 is 15.4 Å². The highest BCUT2D eigenvalue weighted by molar-refractivity contribution is 6.30. The number of halogens is 1. The number of allylic oxidation sites excluding steroid dienone is 1. The van der Waals surface area contributed by atoms with E-state index in [1.54, 1.807) is 18.2 Å². The van der Waals surface area contributed by atoms with Gasteiger partial charge in [-0.3, -0.25) is 9.20 Å². The first-order valence-electron chi connectivity index (χ1n) is 6.97. The van der Waals surface area contributed by atoms with E-state index in [1.165, 1.54) is 24.6 Å². The predicted octanol–water partition coefficient (Wildman–Crippen LogP) is 1.15. The third kappa shape index (κ3) is 2.50. The van der Waals surface area contributed by atoms with E-state index in [-0.39, 0.29) is 22.0 Å². The first kappa shape index (κ1) is 16.0. The Morgan fingerprint density at radius 1 is 1.38 bits per heavy atom. The van der Waals surface area contributed by atoms with Crippen LogP contribution in [-0.2, 0) is 9.53 Å². The molecule has 0 aromatic carbocycles. The van der Waals surface area contributed by atoms with Gasteiger partial charge in [-0.15, -0.1) is 0 Å². The highest BCUT2D eigenvalue weighted by Crippen LogP contribution is 2.29. The molecule has 1 atom stereocenters. The number of amides is 2. The number of methoxy groups -OCH3 is 1. The van der Waals surface area contributed by atoms with Crippen LogP contribution in [0.25, 0.3) is 5.65 Å². The van der Waals surface area contributed by atoms with Crippen LogP contribution < -0.4 is 16.2 Å². The smallest absolute Gasteiger partial charge is 0.337 e. The molecule has 124 valence electrons. The van der Waals surface area contributed by atoms with Crippen molar-refractivity contribution in [3.63, 3.8) is 0 Å². The van der Waals surface area contributed by atoms with Gasteiger partial charge in [0.1, 0.15) is 10.8 Å². The summed E-state index contributed by atoms with van der Waals surface area (Å²) in [5.74, 6) is -0.682. The second-order valence-electron chi connectivity index (χ2n) is 5.11. The lowest BCUT2D eigenvalue weighted by Crippen LogP contribution is -2.47. The number of pyridine rings is 1. The van der Waals surface area contributed by atoms with Crippen LogP contribution in [0.5, 0.6) is 0 Å². The third-order valence-corrected chi connectivity index (χ3v) is 3.97. The van der Waals surface area contributed by atoms with Crippen molar-refractivity contribution in [2.75, 3.05) is 7.11 Å². The Kier molecular flexibility index (Phi) is 3.98. The molecule has 24 heavy (non-hydrogen) atoms.